The molecule has 0 aromatic carbocycles. The third kappa shape index (κ3) is 3.40. The van der Waals surface area contributed by atoms with Crippen LogP contribution in [0.5, 0.6) is 0 Å². The van der Waals surface area contributed by atoms with Crippen molar-refractivity contribution in [2.24, 2.45) is 22.7 Å². The molecule has 0 radical (unpaired) electrons. The molecule has 29 heavy (non-hydrogen) atoms. The lowest BCUT2D eigenvalue weighted by molar-refractivity contribution is -0.405. The van der Waals surface area contributed by atoms with Gasteiger partial charge < -0.3 is 18.9 Å². The Kier molecular flexibility index (Phi) is 5.85. The van der Waals surface area contributed by atoms with E-state index in [4.69, 9.17) is 18.9 Å². The van der Waals surface area contributed by atoms with Gasteiger partial charge in [0.15, 0.2) is 11.2 Å². The highest BCUT2D eigenvalue weighted by Gasteiger charge is 2.69. The molecular weight excluding hydrogens is 372 g/mol. The first-order chi connectivity index (χ1) is 13.5. The first-order valence-corrected chi connectivity index (χ1v) is 11.2. The van der Waals surface area contributed by atoms with Gasteiger partial charge in [-0.15, -0.1) is 0 Å². The number of fused-ring (bicyclic) bond motifs is 1. The summed E-state index contributed by atoms with van der Waals surface area (Å²) in [6.45, 7) is 14.7. The van der Waals surface area contributed by atoms with Crippen LogP contribution in [0.25, 0.3) is 0 Å². The summed E-state index contributed by atoms with van der Waals surface area (Å²) in [4.78, 5) is 26.0. The van der Waals surface area contributed by atoms with Crippen LogP contribution in [0, 0.1) is 22.7 Å². The molecular formula is C23H38O6. The molecule has 166 valence electrons. The minimum atomic E-state index is -1.38. The predicted molar refractivity (Wildman–Crippen MR) is 108 cm³/mol. The Morgan fingerprint density at radius 2 is 1.62 bits per heavy atom. The summed E-state index contributed by atoms with van der Waals surface area (Å²) in [7, 11) is 0. The van der Waals surface area contributed by atoms with E-state index in [2.05, 4.69) is 27.7 Å². The van der Waals surface area contributed by atoms with Crippen molar-refractivity contribution in [1.82, 2.24) is 0 Å². The second-order valence-electron chi connectivity index (χ2n) is 10.1. The highest BCUT2D eigenvalue weighted by Crippen LogP contribution is 2.62. The molecule has 0 N–H and O–H groups in total. The van der Waals surface area contributed by atoms with E-state index in [1.165, 1.54) is 0 Å². The minimum Gasteiger partial charge on any atom is -0.465 e. The Morgan fingerprint density at radius 1 is 1.03 bits per heavy atom. The van der Waals surface area contributed by atoms with Crippen molar-refractivity contribution in [2.75, 3.05) is 13.2 Å². The Labute approximate surface area is 175 Å². The molecule has 3 rings (SSSR count). The summed E-state index contributed by atoms with van der Waals surface area (Å²) in [6.07, 6.45) is 3.63. The molecule has 1 saturated heterocycles. The summed E-state index contributed by atoms with van der Waals surface area (Å²) >= 11 is 0. The predicted octanol–water partition coefficient (Wildman–Crippen LogP) is 4.25. The molecule has 1 heterocycles. The summed E-state index contributed by atoms with van der Waals surface area (Å²) in [6, 6.07) is 0. The third-order valence-electron chi connectivity index (χ3n) is 7.91. The molecule has 6 nitrogen and oxygen atoms in total. The zero-order valence-corrected chi connectivity index (χ0v) is 19.1. The van der Waals surface area contributed by atoms with Gasteiger partial charge in [-0.25, -0.2) is 0 Å². The van der Waals surface area contributed by atoms with Gasteiger partial charge in [0.2, 0.25) is 0 Å². The maximum Gasteiger partial charge on any atom is 0.323 e. The van der Waals surface area contributed by atoms with Crippen molar-refractivity contribution in [1.29, 1.82) is 0 Å². The lowest BCUT2D eigenvalue weighted by Gasteiger charge is -2.61. The SMILES string of the molecule is CCOC(=O)C1(C(=O)OCC)C[C@@H](C)[C@]2(C1)O[C@@H]1C[C@@H](C)CC[C@@]1(C)C(C)(C)O2. The van der Waals surface area contributed by atoms with E-state index in [1.54, 1.807) is 13.8 Å². The monoisotopic (exact) mass is 410 g/mol. The van der Waals surface area contributed by atoms with Gasteiger partial charge in [0.25, 0.3) is 0 Å². The molecule has 5 atom stereocenters. The molecule has 0 amide bonds. The maximum atomic E-state index is 13.0. The van der Waals surface area contributed by atoms with Gasteiger partial charge in [-0.1, -0.05) is 20.8 Å². The molecule has 2 aliphatic carbocycles. The van der Waals surface area contributed by atoms with Crippen LogP contribution in [0.4, 0.5) is 0 Å². The quantitative estimate of drug-likeness (QED) is 0.510. The molecule has 3 aliphatic rings. The fourth-order valence-corrected chi connectivity index (χ4v) is 5.70. The number of hydrogen-bond acceptors (Lipinski definition) is 6. The van der Waals surface area contributed by atoms with Crippen LogP contribution in [0.15, 0.2) is 0 Å². The lowest BCUT2D eigenvalue weighted by Crippen LogP contribution is -2.66. The van der Waals surface area contributed by atoms with E-state index in [1.807, 2.05) is 6.92 Å². The molecule has 1 spiro atoms. The van der Waals surface area contributed by atoms with Gasteiger partial charge >= 0.3 is 11.9 Å². The molecule has 2 saturated carbocycles. The van der Waals surface area contributed by atoms with E-state index in [9.17, 15) is 9.59 Å². The largest absolute Gasteiger partial charge is 0.465 e. The van der Waals surface area contributed by atoms with E-state index in [0.717, 1.165) is 19.3 Å². The maximum absolute atomic E-state index is 13.0. The van der Waals surface area contributed by atoms with Crippen LogP contribution >= 0.6 is 0 Å². The van der Waals surface area contributed by atoms with Crippen molar-refractivity contribution in [2.45, 2.75) is 98.1 Å². The Balaban J connectivity index is 1.99. The lowest BCUT2D eigenvalue weighted by atomic mass is 9.61. The van der Waals surface area contributed by atoms with E-state index in [0.29, 0.717) is 12.3 Å². The molecule has 0 aromatic rings. The van der Waals surface area contributed by atoms with Crippen molar-refractivity contribution < 1.29 is 28.5 Å². The van der Waals surface area contributed by atoms with Gasteiger partial charge in [0, 0.05) is 17.8 Å². The molecule has 0 aromatic heterocycles. The van der Waals surface area contributed by atoms with E-state index < -0.39 is 28.7 Å². The smallest absolute Gasteiger partial charge is 0.323 e. The first-order valence-electron chi connectivity index (χ1n) is 11.2. The topological polar surface area (TPSA) is 71.1 Å². The number of carbonyl (C=O) groups excluding carboxylic acids is 2. The molecule has 6 heteroatoms. The summed E-state index contributed by atoms with van der Waals surface area (Å²) in [5.41, 5.74) is -1.93. The van der Waals surface area contributed by atoms with Gasteiger partial charge in [-0.3, -0.25) is 9.59 Å². The molecule has 0 bridgehead atoms. The molecule has 0 unspecified atom stereocenters. The summed E-state index contributed by atoms with van der Waals surface area (Å²) in [5, 5.41) is 0. The number of carbonyl (C=O) groups is 2. The minimum absolute atomic E-state index is 0.0256. The van der Waals surface area contributed by atoms with Gasteiger partial charge in [-0.05, 0) is 59.3 Å². The van der Waals surface area contributed by atoms with Crippen molar-refractivity contribution in [3.05, 3.63) is 0 Å². The Morgan fingerprint density at radius 3 is 2.17 bits per heavy atom. The van der Waals surface area contributed by atoms with Crippen LogP contribution in [0.3, 0.4) is 0 Å². The average Bonchev–Trinajstić information content (AvgIpc) is 2.90. The first kappa shape index (κ1) is 22.5. The average molecular weight is 411 g/mol. The summed E-state index contributed by atoms with van der Waals surface area (Å²) in [5.74, 6) is -1.62. The van der Waals surface area contributed by atoms with Gasteiger partial charge in [0.1, 0.15) is 0 Å². The Bertz CT molecular complexity index is 640. The second kappa shape index (κ2) is 7.52. The summed E-state index contributed by atoms with van der Waals surface area (Å²) < 4.78 is 24.1. The van der Waals surface area contributed by atoms with Crippen LogP contribution in [-0.4, -0.2) is 42.6 Å². The van der Waals surface area contributed by atoms with Crippen LogP contribution in [0.2, 0.25) is 0 Å². The van der Waals surface area contributed by atoms with Crippen LogP contribution < -0.4 is 0 Å². The highest BCUT2D eigenvalue weighted by atomic mass is 16.7. The normalized spacial score (nSPS) is 40.3. The second-order valence-corrected chi connectivity index (χ2v) is 10.1. The van der Waals surface area contributed by atoms with E-state index >= 15 is 0 Å². The molecule has 1 aliphatic heterocycles. The zero-order valence-electron chi connectivity index (χ0n) is 19.1. The fourth-order valence-electron chi connectivity index (χ4n) is 5.70. The van der Waals surface area contributed by atoms with E-state index in [-0.39, 0.29) is 37.1 Å². The van der Waals surface area contributed by atoms with Gasteiger partial charge in [-0.2, -0.15) is 0 Å². The van der Waals surface area contributed by atoms with Crippen molar-refractivity contribution >= 4 is 11.9 Å². The standard InChI is InChI=1S/C23H38O6/c1-8-26-18(24)22(19(25)27-9-2)13-16(4)23(14-22)28-17-12-15(3)10-11-21(17,7)20(5,6)29-23/h15-17H,8-14H2,1-7H3/t15-,16+,17+,21+,23+/m0/s1. The van der Waals surface area contributed by atoms with Crippen LogP contribution in [-0.2, 0) is 28.5 Å². The number of hydrogen-bond donors (Lipinski definition) is 0. The van der Waals surface area contributed by atoms with Crippen LogP contribution in [0.1, 0.15) is 80.6 Å². The number of ether oxygens (including phenoxy) is 4. The number of rotatable bonds is 4. The van der Waals surface area contributed by atoms with Gasteiger partial charge in [0.05, 0.1) is 24.9 Å². The zero-order chi connectivity index (χ0) is 21.7. The van der Waals surface area contributed by atoms with Crippen molar-refractivity contribution in [3.63, 3.8) is 0 Å². The highest BCUT2D eigenvalue weighted by molar-refractivity contribution is 6.00. The molecule has 3 fully saturated rings. The number of esters is 2. The fraction of sp³-hybridized carbons (Fsp3) is 0.913. The van der Waals surface area contributed by atoms with Crippen molar-refractivity contribution in [3.8, 4) is 0 Å². The Hall–Kier alpha value is -1.14. The third-order valence-corrected chi connectivity index (χ3v) is 7.91.